The fraction of sp³-hybridized carbons (Fsp3) is 0.231. The molecule has 9 heteroatoms. The highest BCUT2D eigenvalue weighted by Gasteiger charge is 2.16. The topological polar surface area (TPSA) is 121 Å². The van der Waals surface area contributed by atoms with Crippen molar-refractivity contribution in [2.45, 2.75) is 13.0 Å². The molecule has 9 nitrogen and oxygen atoms in total. The molecule has 0 aliphatic heterocycles. The van der Waals surface area contributed by atoms with E-state index in [0.29, 0.717) is 36.3 Å². The van der Waals surface area contributed by atoms with Gasteiger partial charge in [0.1, 0.15) is 29.3 Å². The van der Waals surface area contributed by atoms with Crippen molar-refractivity contribution in [2.24, 2.45) is 0 Å². The maximum absolute atomic E-state index is 13.0. The van der Waals surface area contributed by atoms with Crippen molar-refractivity contribution in [2.75, 3.05) is 33.2 Å². The molecule has 2 aromatic heterocycles. The van der Waals surface area contributed by atoms with Crippen LogP contribution in [0.2, 0.25) is 0 Å². The quantitative estimate of drug-likeness (QED) is 0.337. The van der Waals surface area contributed by atoms with E-state index in [-0.39, 0.29) is 24.1 Å². The minimum atomic E-state index is -0.370. The molecule has 35 heavy (non-hydrogen) atoms. The Morgan fingerprint density at radius 1 is 0.943 bits per heavy atom. The molecular weight excluding hydrogens is 446 g/mol. The minimum Gasteiger partial charge on any atom is -0.494 e. The summed E-state index contributed by atoms with van der Waals surface area (Å²) in [5.41, 5.74) is 9.21. The number of rotatable bonds is 10. The van der Waals surface area contributed by atoms with Crippen LogP contribution in [0.15, 0.2) is 60.7 Å². The van der Waals surface area contributed by atoms with E-state index in [1.807, 2.05) is 42.5 Å². The zero-order valence-corrected chi connectivity index (χ0v) is 19.7. The first-order chi connectivity index (χ1) is 17.1. The van der Waals surface area contributed by atoms with Crippen molar-refractivity contribution in [3.63, 3.8) is 0 Å². The average Bonchev–Trinajstić information content (AvgIpc) is 2.87. The van der Waals surface area contributed by atoms with E-state index in [1.165, 1.54) is 7.11 Å². The molecule has 0 saturated carbocycles. The lowest BCUT2D eigenvalue weighted by Crippen LogP contribution is -2.25. The van der Waals surface area contributed by atoms with Crippen LogP contribution in [0.3, 0.4) is 0 Å². The maximum Gasteiger partial charge on any atom is 0.271 e. The summed E-state index contributed by atoms with van der Waals surface area (Å²) >= 11 is 0. The second kappa shape index (κ2) is 11.3. The lowest BCUT2D eigenvalue weighted by molar-refractivity contribution is 0.0947. The highest BCUT2D eigenvalue weighted by Crippen LogP contribution is 2.26. The fourth-order valence-electron chi connectivity index (χ4n) is 3.66. The summed E-state index contributed by atoms with van der Waals surface area (Å²) in [4.78, 5) is 26.0. The van der Waals surface area contributed by atoms with Gasteiger partial charge in [-0.3, -0.25) is 9.78 Å². The first kappa shape index (κ1) is 23.9. The number of benzene rings is 2. The number of fused-ring (bicyclic) bond motifs is 1. The predicted molar refractivity (Wildman–Crippen MR) is 133 cm³/mol. The molecular formula is C26H27N5O4. The van der Waals surface area contributed by atoms with E-state index in [0.717, 1.165) is 22.7 Å². The molecule has 0 fully saturated rings. The molecule has 0 spiro atoms. The number of hydrogen-bond donors (Lipinski definition) is 2. The normalized spacial score (nSPS) is 10.8. The number of nitrogens with two attached hydrogens (primary N) is 1. The summed E-state index contributed by atoms with van der Waals surface area (Å²) in [6.45, 7) is 1.26. The number of carbonyl (C=O) groups is 1. The fourth-order valence-corrected chi connectivity index (χ4v) is 3.66. The standard InChI is InChI=1S/C26H27N5O4/c1-33-12-13-35-20-9-3-6-17(15-20)14-18-7-4-8-19(29-18)16-28-25(32)24-21-10-5-11-22(34-2)23(21)30-26(27)31-24/h3-11,15H,12-14,16H2,1-2H3,(H,28,32)(H2,27,30,31). The number of methoxy groups -OCH3 is 2. The summed E-state index contributed by atoms with van der Waals surface area (Å²) < 4.78 is 16.1. The van der Waals surface area contributed by atoms with Crippen molar-refractivity contribution in [1.82, 2.24) is 20.3 Å². The van der Waals surface area contributed by atoms with Gasteiger partial charge in [0.25, 0.3) is 5.91 Å². The molecule has 4 rings (SSSR count). The number of amides is 1. The van der Waals surface area contributed by atoms with Gasteiger partial charge in [-0.2, -0.15) is 0 Å². The Balaban J connectivity index is 1.45. The summed E-state index contributed by atoms with van der Waals surface area (Å²) in [5.74, 6) is 0.940. The third kappa shape index (κ3) is 6.01. The molecule has 2 aromatic carbocycles. The van der Waals surface area contributed by atoms with Crippen LogP contribution in [-0.2, 0) is 17.7 Å². The zero-order valence-electron chi connectivity index (χ0n) is 19.7. The molecule has 0 bridgehead atoms. The number of anilines is 1. The van der Waals surface area contributed by atoms with Gasteiger partial charge in [0.2, 0.25) is 5.95 Å². The maximum atomic E-state index is 13.0. The second-order valence-electron chi connectivity index (χ2n) is 7.76. The highest BCUT2D eigenvalue weighted by atomic mass is 16.5. The van der Waals surface area contributed by atoms with Gasteiger partial charge in [-0.05, 0) is 35.9 Å². The summed E-state index contributed by atoms with van der Waals surface area (Å²) in [7, 11) is 3.18. The number of aromatic nitrogens is 3. The van der Waals surface area contributed by atoms with E-state index >= 15 is 0 Å². The van der Waals surface area contributed by atoms with Gasteiger partial charge < -0.3 is 25.3 Å². The van der Waals surface area contributed by atoms with Crippen molar-refractivity contribution in [1.29, 1.82) is 0 Å². The molecule has 180 valence electrons. The van der Waals surface area contributed by atoms with Crippen LogP contribution < -0.4 is 20.5 Å². The van der Waals surface area contributed by atoms with Gasteiger partial charge in [0.05, 0.1) is 26.0 Å². The van der Waals surface area contributed by atoms with E-state index < -0.39 is 0 Å². The van der Waals surface area contributed by atoms with Crippen LogP contribution in [-0.4, -0.2) is 48.3 Å². The Morgan fingerprint density at radius 2 is 1.74 bits per heavy atom. The molecule has 0 saturated heterocycles. The lowest BCUT2D eigenvalue weighted by Gasteiger charge is -2.11. The van der Waals surface area contributed by atoms with Crippen LogP contribution >= 0.6 is 0 Å². The number of hydrogen-bond acceptors (Lipinski definition) is 8. The molecule has 3 N–H and O–H groups in total. The second-order valence-corrected chi connectivity index (χ2v) is 7.76. The van der Waals surface area contributed by atoms with Crippen LogP contribution in [0, 0.1) is 0 Å². The molecule has 0 radical (unpaired) electrons. The third-order valence-electron chi connectivity index (χ3n) is 5.28. The molecule has 2 heterocycles. The summed E-state index contributed by atoms with van der Waals surface area (Å²) in [6.07, 6.45) is 0.635. The van der Waals surface area contributed by atoms with Gasteiger partial charge in [0, 0.05) is 24.6 Å². The van der Waals surface area contributed by atoms with Crippen molar-refractivity contribution in [3.8, 4) is 11.5 Å². The zero-order chi connectivity index (χ0) is 24.6. The van der Waals surface area contributed by atoms with Crippen LogP contribution in [0.4, 0.5) is 5.95 Å². The number of nitrogens with zero attached hydrogens (tertiary/aromatic N) is 3. The number of nitrogen functional groups attached to an aromatic ring is 1. The van der Waals surface area contributed by atoms with Crippen molar-refractivity contribution in [3.05, 3.63) is 83.3 Å². The first-order valence-corrected chi connectivity index (χ1v) is 11.1. The number of nitrogens with one attached hydrogen (secondary N) is 1. The smallest absolute Gasteiger partial charge is 0.271 e. The highest BCUT2D eigenvalue weighted by molar-refractivity contribution is 6.05. The number of ether oxygens (including phenoxy) is 3. The molecule has 4 aromatic rings. The lowest BCUT2D eigenvalue weighted by atomic mass is 10.1. The molecule has 0 atom stereocenters. The molecule has 0 unspecified atom stereocenters. The van der Waals surface area contributed by atoms with Gasteiger partial charge in [0.15, 0.2) is 0 Å². The van der Waals surface area contributed by atoms with Crippen LogP contribution in [0.5, 0.6) is 11.5 Å². The van der Waals surface area contributed by atoms with E-state index in [9.17, 15) is 4.79 Å². The van der Waals surface area contributed by atoms with Crippen molar-refractivity contribution < 1.29 is 19.0 Å². The van der Waals surface area contributed by atoms with Gasteiger partial charge in [-0.15, -0.1) is 0 Å². The van der Waals surface area contributed by atoms with Gasteiger partial charge in [-0.1, -0.05) is 30.3 Å². The molecule has 0 aliphatic carbocycles. The largest absolute Gasteiger partial charge is 0.494 e. The van der Waals surface area contributed by atoms with E-state index in [4.69, 9.17) is 24.9 Å². The van der Waals surface area contributed by atoms with Gasteiger partial charge in [-0.25, -0.2) is 9.97 Å². The van der Waals surface area contributed by atoms with Gasteiger partial charge >= 0.3 is 0 Å². The summed E-state index contributed by atoms with van der Waals surface area (Å²) in [5, 5.41) is 3.44. The van der Waals surface area contributed by atoms with Crippen LogP contribution in [0.1, 0.15) is 27.4 Å². The monoisotopic (exact) mass is 473 g/mol. The SMILES string of the molecule is COCCOc1cccc(Cc2cccc(CNC(=O)c3nc(N)nc4c(OC)cccc34)n2)c1. The summed E-state index contributed by atoms with van der Waals surface area (Å²) in [6, 6.07) is 18.9. The first-order valence-electron chi connectivity index (χ1n) is 11.1. The Kier molecular flexibility index (Phi) is 7.69. The van der Waals surface area contributed by atoms with E-state index in [2.05, 4.69) is 15.3 Å². The number of pyridine rings is 1. The number of para-hydroxylation sites is 1. The minimum absolute atomic E-state index is 0.000650. The third-order valence-corrected chi connectivity index (χ3v) is 5.28. The Morgan fingerprint density at radius 3 is 2.57 bits per heavy atom. The van der Waals surface area contributed by atoms with Crippen LogP contribution in [0.25, 0.3) is 10.9 Å². The Hall–Kier alpha value is -4.24. The molecule has 1 amide bonds. The van der Waals surface area contributed by atoms with E-state index in [1.54, 1.807) is 25.3 Å². The predicted octanol–water partition coefficient (Wildman–Crippen LogP) is 3.16. The molecule has 0 aliphatic rings. The Bertz CT molecular complexity index is 1330. The average molecular weight is 474 g/mol. The number of carbonyl (C=O) groups excluding carboxylic acids is 1. The Labute approximate surface area is 203 Å². The van der Waals surface area contributed by atoms with Crippen molar-refractivity contribution >= 4 is 22.8 Å².